The maximum Gasteiger partial charge on any atom is 0.317 e. The lowest BCUT2D eigenvalue weighted by Crippen LogP contribution is -2.42. The number of nitrogens with one attached hydrogen (secondary N) is 1. The van der Waals surface area contributed by atoms with Crippen molar-refractivity contribution in [3.63, 3.8) is 0 Å². The van der Waals surface area contributed by atoms with Crippen LogP contribution in [0.2, 0.25) is 0 Å². The van der Waals surface area contributed by atoms with Crippen LogP contribution in [0.1, 0.15) is 51.4 Å². The predicted molar refractivity (Wildman–Crippen MR) is 81.1 cm³/mol. The number of urea groups is 1. The van der Waals surface area contributed by atoms with Crippen LogP contribution >= 0.6 is 0 Å². The smallest absolute Gasteiger partial charge is 0.317 e. The summed E-state index contributed by atoms with van der Waals surface area (Å²) in [5.41, 5.74) is 0. The van der Waals surface area contributed by atoms with Gasteiger partial charge in [0.15, 0.2) is 0 Å². The number of hydrogen-bond acceptors (Lipinski definition) is 2. The van der Waals surface area contributed by atoms with Gasteiger partial charge < -0.3 is 15.3 Å². The van der Waals surface area contributed by atoms with Crippen LogP contribution in [-0.4, -0.2) is 42.1 Å². The molecular weight excluding hydrogens is 268 g/mol. The Balaban J connectivity index is 1.71. The lowest BCUT2D eigenvalue weighted by Gasteiger charge is -2.27. The minimum absolute atomic E-state index is 0.0587. The summed E-state index contributed by atoms with van der Waals surface area (Å²) in [6.45, 7) is 1.31. The van der Waals surface area contributed by atoms with E-state index in [1.165, 1.54) is 32.1 Å². The SMILES string of the molecule is CN(CC1CCCCC1)C(=O)NCC1CCCC1C(=O)O. The molecule has 2 rings (SSSR count). The fraction of sp³-hybridized carbons (Fsp3) is 0.875. The lowest BCUT2D eigenvalue weighted by molar-refractivity contribution is -0.142. The molecule has 2 aliphatic rings. The van der Waals surface area contributed by atoms with Crippen LogP contribution < -0.4 is 5.32 Å². The maximum absolute atomic E-state index is 12.1. The van der Waals surface area contributed by atoms with Crippen LogP contribution in [0.5, 0.6) is 0 Å². The Hall–Kier alpha value is -1.26. The second-order valence-corrected chi connectivity index (χ2v) is 6.71. The van der Waals surface area contributed by atoms with Gasteiger partial charge in [-0.15, -0.1) is 0 Å². The van der Waals surface area contributed by atoms with Crippen molar-refractivity contribution in [3.8, 4) is 0 Å². The van der Waals surface area contributed by atoms with Crippen LogP contribution in [0.4, 0.5) is 4.79 Å². The van der Waals surface area contributed by atoms with Crippen LogP contribution in [0.15, 0.2) is 0 Å². The second-order valence-electron chi connectivity index (χ2n) is 6.71. The Kier molecular flexibility index (Phi) is 5.88. The largest absolute Gasteiger partial charge is 0.481 e. The van der Waals surface area contributed by atoms with Crippen molar-refractivity contribution < 1.29 is 14.7 Å². The number of carbonyl (C=O) groups is 2. The molecule has 2 unspecified atom stereocenters. The van der Waals surface area contributed by atoms with Crippen LogP contribution in [0.3, 0.4) is 0 Å². The third-order valence-electron chi connectivity index (χ3n) is 5.10. The molecule has 0 aromatic rings. The van der Waals surface area contributed by atoms with Crippen molar-refractivity contribution in [2.24, 2.45) is 17.8 Å². The summed E-state index contributed by atoms with van der Waals surface area (Å²) >= 11 is 0. The monoisotopic (exact) mass is 296 g/mol. The van der Waals surface area contributed by atoms with Crippen molar-refractivity contribution >= 4 is 12.0 Å². The molecule has 0 bridgehead atoms. The van der Waals surface area contributed by atoms with Crippen LogP contribution in [0, 0.1) is 17.8 Å². The number of hydrogen-bond donors (Lipinski definition) is 2. The van der Waals surface area contributed by atoms with Gasteiger partial charge in [-0.2, -0.15) is 0 Å². The molecule has 21 heavy (non-hydrogen) atoms. The molecule has 2 saturated carbocycles. The molecule has 0 spiro atoms. The van der Waals surface area contributed by atoms with E-state index in [0.717, 1.165) is 25.8 Å². The summed E-state index contributed by atoms with van der Waals surface area (Å²) in [5, 5.41) is 12.1. The van der Waals surface area contributed by atoms with Gasteiger partial charge >= 0.3 is 12.0 Å². The first-order chi connectivity index (χ1) is 10.1. The number of rotatable bonds is 5. The highest BCUT2D eigenvalue weighted by Gasteiger charge is 2.33. The Labute approximate surface area is 127 Å². The molecule has 5 nitrogen and oxygen atoms in total. The number of carbonyl (C=O) groups excluding carboxylic acids is 1. The van der Waals surface area contributed by atoms with Crippen molar-refractivity contribution in [2.75, 3.05) is 20.1 Å². The molecule has 2 atom stereocenters. The minimum atomic E-state index is -0.720. The molecule has 0 aliphatic heterocycles. The summed E-state index contributed by atoms with van der Waals surface area (Å²) < 4.78 is 0. The summed E-state index contributed by atoms with van der Waals surface area (Å²) in [5.74, 6) is -0.279. The highest BCUT2D eigenvalue weighted by Crippen LogP contribution is 2.31. The zero-order chi connectivity index (χ0) is 15.2. The van der Waals surface area contributed by atoms with E-state index < -0.39 is 5.97 Å². The molecular formula is C16H28N2O3. The summed E-state index contributed by atoms with van der Waals surface area (Å²) in [7, 11) is 1.84. The van der Waals surface area contributed by atoms with Gasteiger partial charge in [-0.3, -0.25) is 4.79 Å². The van der Waals surface area contributed by atoms with Crippen molar-refractivity contribution in [3.05, 3.63) is 0 Å². The average Bonchev–Trinajstić information content (AvgIpc) is 2.94. The van der Waals surface area contributed by atoms with Crippen molar-refractivity contribution in [1.82, 2.24) is 10.2 Å². The van der Waals surface area contributed by atoms with E-state index in [-0.39, 0.29) is 17.9 Å². The van der Waals surface area contributed by atoms with Gasteiger partial charge in [-0.25, -0.2) is 4.79 Å². The van der Waals surface area contributed by atoms with Gasteiger partial charge in [0.2, 0.25) is 0 Å². The fourth-order valence-electron chi connectivity index (χ4n) is 3.80. The molecule has 2 aliphatic carbocycles. The summed E-state index contributed by atoms with van der Waals surface area (Å²) in [4.78, 5) is 25.0. The molecule has 2 N–H and O–H groups in total. The molecule has 0 radical (unpaired) electrons. The molecule has 0 saturated heterocycles. The Morgan fingerprint density at radius 1 is 1.10 bits per heavy atom. The van der Waals surface area contributed by atoms with Gasteiger partial charge in [0, 0.05) is 20.1 Å². The Morgan fingerprint density at radius 3 is 2.48 bits per heavy atom. The van der Waals surface area contributed by atoms with E-state index in [1.807, 2.05) is 7.05 Å². The van der Waals surface area contributed by atoms with E-state index in [2.05, 4.69) is 5.32 Å². The average molecular weight is 296 g/mol. The van der Waals surface area contributed by atoms with Crippen molar-refractivity contribution in [2.45, 2.75) is 51.4 Å². The number of carboxylic acid groups (broad SMARTS) is 1. The van der Waals surface area contributed by atoms with E-state index in [4.69, 9.17) is 5.11 Å². The predicted octanol–water partition coefficient (Wildman–Crippen LogP) is 2.71. The zero-order valence-corrected chi connectivity index (χ0v) is 13.0. The third-order valence-corrected chi connectivity index (χ3v) is 5.10. The molecule has 2 fully saturated rings. The quantitative estimate of drug-likeness (QED) is 0.819. The highest BCUT2D eigenvalue weighted by molar-refractivity contribution is 5.74. The number of aliphatic carboxylic acids is 1. The van der Waals surface area contributed by atoms with E-state index in [1.54, 1.807) is 4.90 Å². The molecule has 2 amide bonds. The van der Waals surface area contributed by atoms with Gasteiger partial charge in [-0.05, 0) is 37.5 Å². The number of amides is 2. The molecule has 0 heterocycles. The lowest BCUT2D eigenvalue weighted by atomic mass is 9.89. The molecule has 5 heteroatoms. The van der Waals surface area contributed by atoms with E-state index in [0.29, 0.717) is 12.5 Å². The van der Waals surface area contributed by atoms with Crippen molar-refractivity contribution in [1.29, 1.82) is 0 Å². The maximum atomic E-state index is 12.1. The highest BCUT2D eigenvalue weighted by atomic mass is 16.4. The van der Waals surface area contributed by atoms with E-state index in [9.17, 15) is 9.59 Å². The number of carboxylic acids is 1. The molecule has 0 aromatic heterocycles. The third kappa shape index (κ3) is 4.61. The molecule has 120 valence electrons. The van der Waals surface area contributed by atoms with E-state index >= 15 is 0 Å². The molecule has 0 aromatic carbocycles. The first kappa shape index (κ1) is 16.1. The normalized spacial score (nSPS) is 26.5. The van der Waals surface area contributed by atoms with Gasteiger partial charge in [-0.1, -0.05) is 25.7 Å². The Morgan fingerprint density at radius 2 is 1.81 bits per heavy atom. The second kappa shape index (κ2) is 7.66. The minimum Gasteiger partial charge on any atom is -0.481 e. The Bertz CT molecular complexity index is 367. The van der Waals surface area contributed by atoms with Crippen LogP contribution in [0.25, 0.3) is 0 Å². The summed E-state index contributed by atoms with van der Waals surface area (Å²) in [6, 6.07) is -0.0587. The topological polar surface area (TPSA) is 69.6 Å². The van der Waals surface area contributed by atoms with Gasteiger partial charge in [0.25, 0.3) is 0 Å². The fourth-order valence-corrected chi connectivity index (χ4v) is 3.80. The van der Waals surface area contributed by atoms with Gasteiger partial charge in [0.05, 0.1) is 5.92 Å². The standard InChI is InChI=1S/C16H28N2O3/c1-18(11-12-6-3-2-4-7-12)16(21)17-10-13-8-5-9-14(13)15(19)20/h12-14H,2-11H2,1H3,(H,17,21)(H,19,20). The zero-order valence-electron chi connectivity index (χ0n) is 13.0. The first-order valence-corrected chi connectivity index (χ1v) is 8.29. The first-order valence-electron chi connectivity index (χ1n) is 8.29. The van der Waals surface area contributed by atoms with Crippen LogP contribution in [-0.2, 0) is 4.79 Å². The summed E-state index contributed by atoms with van der Waals surface area (Å²) in [6.07, 6.45) is 8.94. The number of nitrogens with zero attached hydrogens (tertiary/aromatic N) is 1. The van der Waals surface area contributed by atoms with Gasteiger partial charge in [0.1, 0.15) is 0 Å².